The number of aromatic nitrogens is 1. The van der Waals surface area contributed by atoms with Crippen molar-refractivity contribution in [2.24, 2.45) is 5.73 Å². The van der Waals surface area contributed by atoms with Crippen LogP contribution in [0.25, 0.3) is 0 Å². The quantitative estimate of drug-likeness (QED) is 0.682. The van der Waals surface area contributed by atoms with E-state index in [1.807, 2.05) is 6.92 Å². The number of hydrogen-bond acceptors (Lipinski definition) is 5. The number of rotatable bonds is 4. The predicted molar refractivity (Wildman–Crippen MR) is 74.7 cm³/mol. The minimum absolute atomic E-state index is 0.0504. The number of pyridine rings is 1. The lowest BCUT2D eigenvalue weighted by Gasteiger charge is -2.08. The lowest BCUT2D eigenvalue weighted by atomic mass is 10.1. The molecule has 1 heterocycles. The Kier molecular flexibility index (Phi) is 3.95. The Labute approximate surface area is 116 Å². The lowest BCUT2D eigenvalue weighted by molar-refractivity contribution is -0.386. The van der Waals surface area contributed by atoms with Crippen molar-refractivity contribution in [1.82, 2.24) is 4.98 Å². The molecule has 2 rings (SSSR count). The predicted octanol–water partition coefficient (Wildman–Crippen LogP) is 3.11. The summed E-state index contributed by atoms with van der Waals surface area (Å²) in [5.41, 5.74) is 7.09. The molecule has 1 aromatic heterocycles. The smallest absolute Gasteiger partial charge is 0.314 e. The largest absolute Gasteiger partial charge is 0.432 e. The second-order valence-electron chi connectivity index (χ2n) is 4.50. The topological polar surface area (TPSA) is 91.3 Å². The van der Waals surface area contributed by atoms with Gasteiger partial charge in [0, 0.05) is 23.9 Å². The summed E-state index contributed by atoms with van der Waals surface area (Å²) in [6.07, 6.45) is 1.60. The Bertz CT molecular complexity index is 624. The summed E-state index contributed by atoms with van der Waals surface area (Å²) in [5, 5.41) is 11.1. The highest BCUT2D eigenvalue weighted by atomic mass is 16.6. The van der Waals surface area contributed by atoms with E-state index >= 15 is 0 Å². The molecule has 0 bridgehead atoms. The summed E-state index contributed by atoms with van der Waals surface area (Å²) in [6, 6.07) is 8.22. The summed E-state index contributed by atoms with van der Waals surface area (Å²) in [6.45, 7) is 3.51. The van der Waals surface area contributed by atoms with Crippen LogP contribution >= 0.6 is 0 Å². The van der Waals surface area contributed by atoms with E-state index in [0.717, 1.165) is 5.56 Å². The Morgan fingerprint density at radius 1 is 1.35 bits per heavy atom. The van der Waals surface area contributed by atoms with E-state index < -0.39 is 4.92 Å². The molecule has 6 nitrogen and oxygen atoms in total. The molecule has 0 aliphatic carbocycles. The molecule has 1 aromatic carbocycles. The molecule has 2 aromatic rings. The van der Waals surface area contributed by atoms with E-state index in [0.29, 0.717) is 11.4 Å². The van der Waals surface area contributed by atoms with Crippen molar-refractivity contribution < 1.29 is 9.66 Å². The fourth-order valence-corrected chi connectivity index (χ4v) is 1.78. The Morgan fingerprint density at radius 2 is 2.10 bits per heavy atom. The standard InChI is InChI=1S/C14H15N3O3/c1-9-4-3-5-12(14(9)17(18)19)20-13-7-6-11(8-16-13)10(2)15/h3-8,10H,15H2,1-2H3/t10-/m1/s1. The third kappa shape index (κ3) is 2.92. The van der Waals surface area contributed by atoms with Crippen LogP contribution in [0.1, 0.15) is 24.1 Å². The molecule has 0 unspecified atom stereocenters. The van der Waals surface area contributed by atoms with E-state index in [2.05, 4.69) is 4.98 Å². The lowest BCUT2D eigenvalue weighted by Crippen LogP contribution is -2.05. The van der Waals surface area contributed by atoms with Crippen LogP contribution in [0.2, 0.25) is 0 Å². The minimum Gasteiger partial charge on any atom is -0.432 e. The van der Waals surface area contributed by atoms with Gasteiger partial charge in [0.1, 0.15) is 0 Å². The van der Waals surface area contributed by atoms with Crippen molar-refractivity contribution in [1.29, 1.82) is 0 Å². The maximum absolute atomic E-state index is 11.1. The van der Waals surface area contributed by atoms with Crippen molar-refractivity contribution in [3.05, 3.63) is 57.8 Å². The van der Waals surface area contributed by atoms with Gasteiger partial charge in [-0.25, -0.2) is 4.98 Å². The van der Waals surface area contributed by atoms with Crippen molar-refractivity contribution in [2.75, 3.05) is 0 Å². The van der Waals surface area contributed by atoms with Crippen molar-refractivity contribution >= 4 is 5.69 Å². The van der Waals surface area contributed by atoms with Gasteiger partial charge in [-0.05, 0) is 25.5 Å². The molecular weight excluding hydrogens is 258 g/mol. The third-order valence-corrected chi connectivity index (χ3v) is 2.88. The molecule has 104 valence electrons. The summed E-state index contributed by atoms with van der Waals surface area (Å²) in [4.78, 5) is 14.7. The number of aryl methyl sites for hydroxylation is 1. The van der Waals surface area contributed by atoms with Gasteiger partial charge in [0.2, 0.25) is 11.6 Å². The molecule has 2 N–H and O–H groups in total. The Hall–Kier alpha value is -2.47. The van der Waals surface area contributed by atoms with E-state index in [4.69, 9.17) is 10.5 Å². The average molecular weight is 273 g/mol. The normalized spacial score (nSPS) is 11.9. The van der Waals surface area contributed by atoms with Crippen LogP contribution in [-0.4, -0.2) is 9.91 Å². The fraction of sp³-hybridized carbons (Fsp3) is 0.214. The second kappa shape index (κ2) is 5.66. The summed E-state index contributed by atoms with van der Waals surface area (Å²) < 4.78 is 5.49. The van der Waals surface area contributed by atoms with Gasteiger partial charge >= 0.3 is 5.69 Å². The zero-order valence-corrected chi connectivity index (χ0v) is 11.2. The third-order valence-electron chi connectivity index (χ3n) is 2.88. The SMILES string of the molecule is Cc1cccc(Oc2ccc([C@@H](C)N)cn2)c1[N+](=O)[O-]. The van der Waals surface area contributed by atoms with Crippen LogP contribution in [0.3, 0.4) is 0 Å². The Morgan fingerprint density at radius 3 is 2.65 bits per heavy atom. The highest BCUT2D eigenvalue weighted by Gasteiger charge is 2.19. The molecule has 0 aliphatic heterocycles. The molecule has 0 fully saturated rings. The Balaban J connectivity index is 2.30. The van der Waals surface area contributed by atoms with Gasteiger partial charge in [0.25, 0.3) is 0 Å². The second-order valence-corrected chi connectivity index (χ2v) is 4.50. The van der Waals surface area contributed by atoms with E-state index in [-0.39, 0.29) is 17.5 Å². The summed E-state index contributed by atoms with van der Waals surface area (Å²) in [5.74, 6) is 0.471. The summed E-state index contributed by atoms with van der Waals surface area (Å²) >= 11 is 0. The molecule has 0 saturated heterocycles. The first-order valence-electron chi connectivity index (χ1n) is 6.12. The van der Waals surface area contributed by atoms with Crippen LogP contribution < -0.4 is 10.5 Å². The van der Waals surface area contributed by atoms with Gasteiger partial charge in [-0.1, -0.05) is 18.2 Å². The van der Waals surface area contributed by atoms with Crippen molar-refractivity contribution in [2.45, 2.75) is 19.9 Å². The van der Waals surface area contributed by atoms with Crippen molar-refractivity contribution in [3.63, 3.8) is 0 Å². The number of nitro benzene ring substituents is 1. The molecular formula is C14H15N3O3. The molecule has 6 heteroatoms. The molecule has 0 aliphatic rings. The van der Waals surface area contributed by atoms with Gasteiger partial charge in [-0.15, -0.1) is 0 Å². The zero-order valence-electron chi connectivity index (χ0n) is 11.2. The first-order chi connectivity index (χ1) is 9.49. The number of nitro groups is 1. The number of ether oxygens (including phenoxy) is 1. The minimum atomic E-state index is -0.457. The van der Waals surface area contributed by atoms with Gasteiger partial charge in [0.05, 0.1) is 4.92 Å². The van der Waals surface area contributed by atoms with Crippen LogP contribution in [0.4, 0.5) is 5.69 Å². The first kappa shape index (κ1) is 14.0. The van der Waals surface area contributed by atoms with Crippen LogP contribution in [0, 0.1) is 17.0 Å². The van der Waals surface area contributed by atoms with Crippen LogP contribution in [0.15, 0.2) is 36.5 Å². The molecule has 0 saturated carbocycles. The molecule has 1 atom stereocenters. The van der Waals surface area contributed by atoms with Gasteiger partial charge in [-0.3, -0.25) is 10.1 Å². The number of benzene rings is 1. The fourth-order valence-electron chi connectivity index (χ4n) is 1.78. The number of hydrogen-bond donors (Lipinski definition) is 1. The maximum Gasteiger partial charge on any atom is 0.314 e. The zero-order chi connectivity index (χ0) is 14.7. The van der Waals surface area contributed by atoms with Gasteiger partial charge in [-0.2, -0.15) is 0 Å². The highest BCUT2D eigenvalue weighted by Crippen LogP contribution is 2.33. The first-order valence-corrected chi connectivity index (χ1v) is 6.12. The van der Waals surface area contributed by atoms with Crippen LogP contribution in [0.5, 0.6) is 11.6 Å². The number of nitrogens with two attached hydrogens (primary N) is 1. The molecule has 0 amide bonds. The van der Waals surface area contributed by atoms with Gasteiger partial charge in [0.15, 0.2) is 0 Å². The number of nitrogens with zero attached hydrogens (tertiary/aromatic N) is 2. The molecule has 20 heavy (non-hydrogen) atoms. The molecule has 0 spiro atoms. The molecule has 0 radical (unpaired) electrons. The van der Waals surface area contributed by atoms with E-state index in [9.17, 15) is 10.1 Å². The van der Waals surface area contributed by atoms with E-state index in [1.54, 1.807) is 43.5 Å². The monoisotopic (exact) mass is 273 g/mol. The van der Waals surface area contributed by atoms with Gasteiger partial charge < -0.3 is 10.5 Å². The average Bonchev–Trinajstić information content (AvgIpc) is 2.39. The summed E-state index contributed by atoms with van der Waals surface area (Å²) in [7, 11) is 0. The maximum atomic E-state index is 11.1. The van der Waals surface area contributed by atoms with E-state index in [1.165, 1.54) is 0 Å². The van der Waals surface area contributed by atoms with Crippen LogP contribution in [-0.2, 0) is 0 Å². The van der Waals surface area contributed by atoms with Crippen molar-refractivity contribution in [3.8, 4) is 11.6 Å². The number of para-hydroxylation sites is 1. The highest BCUT2D eigenvalue weighted by molar-refractivity contribution is 5.53.